The van der Waals surface area contributed by atoms with Gasteiger partial charge in [0.05, 0.1) is 14.2 Å². The number of rotatable bonds is 4. The molecule has 3 rings (SSSR count). The van der Waals surface area contributed by atoms with E-state index in [1.165, 1.54) is 19.3 Å². The van der Waals surface area contributed by atoms with E-state index >= 15 is 0 Å². The van der Waals surface area contributed by atoms with E-state index in [4.69, 9.17) is 26.8 Å². The highest BCUT2D eigenvalue weighted by atomic mass is 35.5. The third kappa shape index (κ3) is 2.09. The molecule has 3 nitrogen and oxygen atoms in total. The van der Waals surface area contributed by atoms with E-state index in [9.17, 15) is 0 Å². The molecule has 0 heterocycles. The molecule has 0 aromatic heterocycles. The fraction of sp³-hybridized carbons (Fsp3) is 0.600. The summed E-state index contributed by atoms with van der Waals surface area (Å²) in [5, 5.41) is 0.676. The van der Waals surface area contributed by atoms with E-state index in [-0.39, 0.29) is 6.04 Å². The van der Waals surface area contributed by atoms with E-state index in [0.717, 1.165) is 17.4 Å². The number of ether oxygens (including phenoxy) is 2. The molecule has 3 unspecified atom stereocenters. The molecular weight excluding hydrogens is 262 g/mol. The molecule has 104 valence electrons. The third-order valence-corrected chi connectivity index (χ3v) is 5.08. The van der Waals surface area contributed by atoms with E-state index in [0.29, 0.717) is 22.4 Å². The minimum absolute atomic E-state index is 0.0163. The van der Waals surface area contributed by atoms with Crippen LogP contribution in [0.1, 0.15) is 30.9 Å². The molecule has 2 aliphatic rings. The second-order valence-electron chi connectivity index (χ2n) is 5.59. The predicted octanol–water partition coefficient (Wildman–Crippen LogP) is 3.40. The zero-order chi connectivity index (χ0) is 13.6. The second-order valence-corrected chi connectivity index (χ2v) is 6.00. The summed E-state index contributed by atoms with van der Waals surface area (Å²) in [4.78, 5) is 0. The number of benzene rings is 1. The number of fused-ring (bicyclic) bond motifs is 1. The lowest BCUT2D eigenvalue weighted by Gasteiger charge is -2.18. The van der Waals surface area contributed by atoms with Gasteiger partial charge in [-0.25, -0.2) is 0 Å². The molecule has 0 amide bonds. The van der Waals surface area contributed by atoms with Crippen LogP contribution in [-0.2, 0) is 0 Å². The van der Waals surface area contributed by atoms with Crippen LogP contribution in [0.5, 0.6) is 11.5 Å². The zero-order valence-electron chi connectivity index (χ0n) is 11.4. The van der Waals surface area contributed by atoms with Gasteiger partial charge in [-0.1, -0.05) is 18.0 Å². The van der Waals surface area contributed by atoms with Gasteiger partial charge >= 0.3 is 0 Å². The van der Waals surface area contributed by atoms with Crippen molar-refractivity contribution < 1.29 is 9.47 Å². The van der Waals surface area contributed by atoms with Crippen LogP contribution >= 0.6 is 11.6 Å². The molecule has 2 N–H and O–H groups in total. The van der Waals surface area contributed by atoms with Crippen molar-refractivity contribution >= 4 is 11.6 Å². The standard InChI is InChI=1S/C15H20ClNO2/c1-18-12-6-10(11(16)7-13(12)19-2)15(17)14-8-4-3-5-9(8)14/h6-9,14-15H,3-5,17H2,1-2H3. The van der Waals surface area contributed by atoms with Crippen LogP contribution in [-0.4, -0.2) is 14.2 Å². The molecule has 0 aliphatic heterocycles. The first-order chi connectivity index (χ1) is 9.17. The quantitative estimate of drug-likeness (QED) is 0.920. The zero-order valence-corrected chi connectivity index (χ0v) is 12.1. The highest BCUT2D eigenvalue weighted by Gasteiger charge is 2.55. The van der Waals surface area contributed by atoms with Crippen LogP contribution in [0.25, 0.3) is 0 Å². The van der Waals surface area contributed by atoms with Gasteiger partial charge < -0.3 is 15.2 Å². The third-order valence-electron chi connectivity index (χ3n) is 4.75. The molecule has 4 heteroatoms. The Morgan fingerprint density at radius 2 is 1.74 bits per heavy atom. The molecule has 2 aliphatic carbocycles. The van der Waals surface area contributed by atoms with Gasteiger partial charge in [-0.3, -0.25) is 0 Å². The fourth-order valence-corrected chi connectivity index (χ4v) is 4.02. The van der Waals surface area contributed by atoms with Crippen molar-refractivity contribution in [3.8, 4) is 11.5 Å². The van der Waals surface area contributed by atoms with Crippen LogP contribution in [0.15, 0.2) is 12.1 Å². The average molecular weight is 282 g/mol. The van der Waals surface area contributed by atoms with E-state index in [1.807, 2.05) is 6.07 Å². The Morgan fingerprint density at radius 3 is 2.32 bits per heavy atom. The summed E-state index contributed by atoms with van der Waals surface area (Å²) < 4.78 is 10.6. The molecule has 19 heavy (non-hydrogen) atoms. The maximum absolute atomic E-state index is 6.43. The molecule has 0 bridgehead atoms. The lowest BCUT2D eigenvalue weighted by atomic mass is 9.97. The van der Waals surface area contributed by atoms with Gasteiger partial charge in [-0.15, -0.1) is 0 Å². The minimum Gasteiger partial charge on any atom is -0.493 e. The molecule has 1 aromatic carbocycles. The normalized spacial score (nSPS) is 29.8. The number of hydrogen-bond acceptors (Lipinski definition) is 3. The molecule has 0 spiro atoms. The largest absolute Gasteiger partial charge is 0.493 e. The van der Waals surface area contributed by atoms with E-state index < -0.39 is 0 Å². The van der Waals surface area contributed by atoms with Gasteiger partial charge in [0.25, 0.3) is 0 Å². The molecule has 3 atom stereocenters. The summed E-state index contributed by atoms with van der Waals surface area (Å²) in [7, 11) is 3.24. The average Bonchev–Trinajstić information content (AvgIpc) is 2.90. The van der Waals surface area contributed by atoms with E-state index in [2.05, 4.69) is 0 Å². The van der Waals surface area contributed by atoms with Crippen molar-refractivity contribution in [2.24, 2.45) is 23.5 Å². The van der Waals surface area contributed by atoms with Crippen molar-refractivity contribution in [3.05, 3.63) is 22.7 Å². The van der Waals surface area contributed by atoms with E-state index in [1.54, 1.807) is 20.3 Å². The molecule has 1 aromatic rings. The summed E-state index contributed by atoms with van der Waals surface area (Å²) in [6.45, 7) is 0. The highest BCUT2D eigenvalue weighted by Crippen LogP contribution is 2.62. The van der Waals surface area contributed by atoms with Gasteiger partial charge in [0.2, 0.25) is 0 Å². The molecule has 0 saturated heterocycles. The maximum atomic E-state index is 6.43. The Bertz CT molecular complexity index is 481. The van der Waals surface area contributed by atoms with Crippen molar-refractivity contribution in [2.75, 3.05) is 14.2 Å². The van der Waals surface area contributed by atoms with Crippen LogP contribution < -0.4 is 15.2 Å². The van der Waals surface area contributed by atoms with Gasteiger partial charge in [-0.2, -0.15) is 0 Å². The Balaban J connectivity index is 1.87. The Kier molecular flexibility index (Phi) is 3.35. The smallest absolute Gasteiger partial charge is 0.162 e. The van der Waals surface area contributed by atoms with Crippen LogP contribution in [0.3, 0.4) is 0 Å². The van der Waals surface area contributed by atoms with Crippen LogP contribution in [0.4, 0.5) is 0 Å². The molecular formula is C15H20ClNO2. The number of halogens is 1. The summed E-state index contributed by atoms with van der Waals surface area (Å²) in [5.41, 5.74) is 7.41. The van der Waals surface area contributed by atoms with Gasteiger partial charge in [0, 0.05) is 17.1 Å². The van der Waals surface area contributed by atoms with Crippen LogP contribution in [0.2, 0.25) is 5.02 Å². The van der Waals surface area contributed by atoms with Crippen molar-refractivity contribution in [1.82, 2.24) is 0 Å². The molecule has 0 radical (unpaired) electrons. The topological polar surface area (TPSA) is 44.5 Å². The second kappa shape index (κ2) is 4.88. The Hall–Kier alpha value is -0.930. The first-order valence-electron chi connectivity index (χ1n) is 6.84. The number of hydrogen-bond donors (Lipinski definition) is 1. The SMILES string of the molecule is COc1cc(Cl)c(C(N)C2C3CCCC32)cc1OC. The fourth-order valence-electron chi connectivity index (χ4n) is 3.74. The minimum atomic E-state index is 0.0163. The summed E-state index contributed by atoms with van der Waals surface area (Å²) >= 11 is 6.34. The Morgan fingerprint density at radius 1 is 1.16 bits per heavy atom. The summed E-state index contributed by atoms with van der Waals surface area (Å²) in [5.74, 6) is 3.59. The van der Waals surface area contributed by atoms with Gasteiger partial charge in [0.1, 0.15) is 0 Å². The van der Waals surface area contributed by atoms with Crippen molar-refractivity contribution in [1.29, 1.82) is 0 Å². The number of nitrogens with two attached hydrogens (primary N) is 1. The molecule has 2 saturated carbocycles. The van der Waals surface area contributed by atoms with Crippen molar-refractivity contribution in [2.45, 2.75) is 25.3 Å². The first kappa shape index (κ1) is 13.1. The Labute approximate surface area is 119 Å². The highest BCUT2D eigenvalue weighted by molar-refractivity contribution is 6.31. The molecule has 2 fully saturated rings. The summed E-state index contributed by atoms with van der Waals surface area (Å²) in [6.07, 6.45) is 4.01. The first-order valence-corrected chi connectivity index (χ1v) is 7.22. The van der Waals surface area contributed by atoms with Gasteiger partial charge in [0.15, 0.2) is 11.5 Å². The monoisotopic (exact) mass is 281 g/mol. The number of methoxy groups -OCH3 is 2. The van der Waals surface area contributed by atoms with Gasteiger partial charge in [-0.05, 0) is 42.2 Å². The lowest BCUT2D eigenvalue weighted by Crippen LogP contribution is -2.16. The van der Waals surface area contributed by atoms with Crippen LogP contribution in [0, 0.1) is 17.8 Å². The van der Waals surface area contributed by atoms with Crippen molar-refractivity contribution in [3.63, 3.8) is 0 Å². The lowest BCUT2D eigenvalue weighted by molar-refractivity contribution is 0.353. The maximum Gasteiger partial charge on any atom is 0.162 e. The summed E-state index contributed by atoms with van der Waals surface area (Å²) in [6, 6.07) is 3.75. The predicted molar refractivity (Wildman–Crippen MR) is 75.8 cm³/mol.